The highest BCUT2D eigenvalue weighted by molar-refractivity contribution is 9.11. The van der Waals surface area contributed by atoms with Gasteiger partial charge in [0.25, 0.3) is 5.88 Å². The smallest absolute Gasteiger partial charge is 0.395 e. The monoisotopic (exact) mass is 555 g/mol. The van der Waals surface area contributed by atoms with E-state index < -0.39 is 22.0 Å². The summed E-state index contributed by atoms with van der Waals surface area (Å²) < 4.78 is 7.22. The van der Waals surface area contributed by atoms with Gasteiger partial charge in [0.1, 0.15) is 18.2 Å². The third kappa shape index (κ3) is 5.26. The first-order valence-electron chi connectivity index (χ1n) is 8.26. The van der Waals surface area contributed by atoms with Crippen LogP contribution < -0.4 is 10.3 Å². The minimum Gasteiger partial charge on any atom is -0.488 e. The molecule has 2 N–H and O–H groups in total. The van der Waals surface area contributed by atoms with Crippen LogP contribution in [-0.2, 0) is 6.61 Å². The van der Waals surface area contributed by atoms with E-state index in [9.17, 15) is 20.0 Å². The van der Waals surface area contributed by atoms with Crippen LogP contribution in [-0.4, -0.2) is 20.0 Å². The summed E-state index contributed by atoms with van der Waals surface area (Å²) in [7, 11) is 0. The maximum Gasteiger partial charge on any atom is 0.395 e. The Morgan fingerprint density at radius 3 is 2.40 bits per heavy atom. The number of hydrogen-bond acceptors (Lipinski definition) is 6. The zero-order chi connectivity index (χ0) is 21.8. The normalized spacial score (nSPS) is 11.0. The van der Waals surface area contributed by atoms with E-state index in [4.69, 9.17) is 16.3 Å². The van der Waals surface area contributed by atoms with Crippen LogP contribution in [0.2, 0.25) is 5.02 Å². The van der Waals surface area contributed by atoms with Gasteiger partial charge in [-0.2, -0.15) is 4.98 Å². The van der Waals surface area contributed by atoms with Gasteiger partial charge in [-0.15, -0.1) is 0 Å². The second kappa shape index (κ2) is 9.41. The van der Waals surface area contributed by atoms with Gasteiger partial charge in [-0.05, 0) is 73.3 Å². The Hall–Kier alpha value is -2.69. The largest absolute Gasteiger partial charge is 0.488 e. The summed E-state index contributed by atoms with van der Waals surface area (Å²) in [5.74, 6) is -0.378. The van der Waals surface area contributed by atoms with Gasteiger partial charge in [0.2, 0.25) is 0 Å². The molecule has 0 radical (unpaired) electrons. The molecule has 3 aromatic rings. The number of nitro groups is 1. The number of H-pyrrole nitrogens is 1. The van der Waals surface area contributed by atoms with Gasteiger partial charge in [0, 0.05) is 5.02 Å². The van der Waals surface area contributed by atoms with Crippen LogP contribution in [0.3, 0.4) is 0 Å². The molecular formula is C19H12Br2ClN3O5. The van der Waals surface area contributed by atoms with Crippen LogP contribution in [0, 0.1) is 10.1 Å². The maximum atomic E-state index is 11.7. The van der Waals surface area contributed by atoms with Gasteiger partial charge in [-0.1, -0.05) is 29.8 Å². The second-order valence-electron chi connectivity index (χ2n) is 5.94. The Kier molecular flexibility index (Phi) is 6.91. The fourth-order valence-electron chi connectivity index (χ4n) is 2.44. The van der Waals surface area contributed by atoms with Crippen molar-refractivity contribution in [1.29, 1.82) is 0 Å². The summed E-state index contributed by atoms with van der Waals surface area (Å²) in [6.07, 6.45) is 3.02. The SMILES string of the molecule is O=c1[nH]c(/C=C\c2cc(Br)c(OCc3ccc(Cl)cc3)c(Br)c2)nc(O)c1[N+](=O)[O-]. The van der Waals surface area contributed by atoms with E-state index in [1.807, 2.05) is 12.1 Å². The first-order valence-corrected chi connectivity index (χ1v) is 10.2. The first-order chi connectivity index (χ1) is 14.2. The van der Waals surface area contributed by atoms with Crippen LogP contribution in [0.5, 0.6) is 11.6 Å². The number of nitrogens with zero attached hydrogens (tertiary/aromatic N) is 2. The Bertz CT molecular complexity index is 1170. The van der Waals surface area contributed by atoms with E-state index in [2.05, 4.69) is 41.8 Å². The number of nitrogens with one attached hydrogen (secondary N) is 1. The molecule has 0 atom stereocenters. The Morgan fingerprint density at radius 1 is 1.20 bits per heavy atom. The summed E-state index contributed by atoms with van der Waals surface area (Å²) in [4.78, 5) is 27.3. The van der Waals surface area contributed by atoms with Gasteiger partial charge in [-0.3, -0.25) is 14.9 Å². The third-order valence-corrected chi connectivity index (χ3v) is 5.26. The number of benzene rings is 2. The van der Waals surface area contributed by atoms with Crippen LogP contribution >= 0.6 is 43.5 Å². The number of ether oxygens (including phenoxy) is 1. The van der Waals surface area contributed by atoms with Crippen molar-refractivity contribution in [3.8, 4) is 11.6 Å². The summed E-state index contributed by atoms with van der Waals surface area (Å²) >= 11 is 12.8. The lowest BCUT2D eigenvalue weighted by atomic mass is 10.2. The predicted molar refractivity (Wildman–Crippen MR) is 120 cm³/mol. The number of aromatic nitrogens is 2. The molecule has 0 spiro atoms. The molecule has 0 amide bonds. The highest BCUT2D eigenvalue weighted by Gasteiger charge is 2.21. The van der Waals surface area contributed by atoms with Crippen LogP contribution in [0.4, 0.5) is 5.69 Å². The minimum atomic E-state index is -1.04. The molecule has 3 rings (SSSR count). The average molecular weight is 558 g/mol. The van der Waals surface area contributed by atoms with E-state index in [1.54, 1.807) is 30.3 Å². The van der Waals surface area contributed by atoms with Gasteiger partial charge >= 0.3 is 11.2 Å². The molecule has 11 heteroatoms. The fourth-order valence-corrected chi connectivity index (χ4v) is 4.02. The van der Waals surface area contributed by atoms with Crippen LogP contribution in [0.15, 0.2) is 50.1 Å². The Balaban J connectivity index is 1.79. The lowest BCUT2D eigenvalue weighted by molar-refractivity contribution is -0.387. The Labute approximate surface area is 191 Å². The molecule has 2 aromatic carbocycles. The molecule has 154 valence electrons. The fraction of sp³-hybridized carbons (Fsp3) is 0.0526. The second-order valence-corrected chi connectivity index (χ2v) is 8.09. The van der Waals surface area contributed by atoms with Crippen molar-refractivity contribution in [1.82, 2.24) is 9.97 Å². The molecule has 0 aliphatic rings. The van der Waals surface area contributed by atoms with Gasteiger partial charge < -0.3 is 14.8 Å². The molecular weight excluding hydrogens is 545 g/mol. The van der Waals surface area contributed by atoms with E-state index in [-0.39, 0.29) is 5.82 Å². The summed E-state index contributed by atoms with van der Waals surface area (Å²) in [6.45, 7) is 0.344. The van der Waals surface area contributed by atoms with Gasteiger partial charge in [0.15, 0.2) is 0 Å². The maximum absolute atomic E-state index is 11.7. The van der Waals surface area contributed by atoms with Gasteiger partial charge in [0.05, 0.1) is 13.9 Å². The number of aromatic hydroxyl groups is 1. The number of halogens is 3. The average Bonchev–Trinajstić information content (AvgIpc) is 2.66. The van der Waals surface area contributed by atoms with E-state index in [0.29, 0.717) is 31.9 Å². The molecule has 30 heavy (non-hydrogen) atoms. The molecule has 0 bridgehead atoms. The standard InChI is InChI=1S/C19H12Br2ClN3O5/c20-13-7-11(3-6-15-23-18(26)16(25(28)29)19(27)24-15)8-14(21)17(13)30-9-10-1-4-12(22)5-2-10/h1-8H,9H2,(H2,23,24,26,27)/b6-3-. The molecule has 0 unspecified atom stereocenters. The van der Waals surface area contributed by atoms with Gasteiger partial charge in [-0.25, -0.2) is 0 Å². The van der Waals surface area contributed by atoms with Crippen molar-refractivity contribution in [2.75, 3.05) is 0 Å². The molecule has 0 aliphatic heterocycles. The molecule has 0 saturated carbocycles. The quantitative estimate of drug-likeness (QED) is 0.313. The van der Waals surface area contributed by atoms with Crippen LogP contribution in [0.1, 0.15) is 17.0 Å². The molecule has 8 nitrogen and oxygen atoms in total. The molecule has 0 saturated heterocycles. The van der Waals surface area contributed by atoms with Crippen molar-refractivity contribution < 1.29 is 14.8 Å². The van der Waals surface area contributed by atoms with Crippen molar-refractivity contribution in [3.63, 3.8) is 0 Å². The van der Waals surface area contributed by atoms with Crippen LogP contribution in [0.25, 0.3) is 12.2 Å². The van der Waals surface area contributed by atoms with Crippen molar-refractivity contribution in [2.45, 2.75) is 6.61 Å². The van der Waals surface area contributed by atoms with Crippen molar-refractivity contribution in [2.24, 2.45) is 0 Å². The molecule has 1 aromatic heterocycles. The number of aromatic amines is 1. The zero-order valence-electron chi connectivity index (χ0n) is 14.9. The lowest BCUT2D eigenvalue weighted by Crippen LogP contribution is -2.14. The predicted octanol–water partition coefficient (Wildman–Crippen LogP) is 5.31. The van der Waals surface area contributed by atoms with E-state index in [0.717, 1.165) is 5.56 Å². The van der Waals surface area contributed by atoms with Crippen molar-refractivity contribution in [3.05, 3.63) is 87.8 Å². The molecule has 0 aliphatic carbocycles. The highest BCUT2D eigenvalue weighted by Crippen LogP contribution is 2.36. The first kappa shape index (κ1) is 22.0. The van der Waals surface area contributed by atoms with Crippen molar-refractivity contribution >= 4 is 61.3 Å². The van der Waals surface area contributed by atoms with E-state index >= 15 is 0 Å². The minimum absolute atomic E-state index is 0.0293. The number of rotatable bonds is 6. The summed E-state index contributed by atoms with van der Waals surface area (Å²) in [6, 6.07) is 10.9. The third-order valence-electron chi connectivity index (χ3n) is 3.83. The Morgan fingerprint density at radius 2 is 1.83 bits per heavy atom. The summed E-state index contributed by atoms with van der Waals surface area (Å²) in [5.41, 5.74) is -0.372. The summed E-state index contributed by atoms with van der Waals surface area (Å²) in [5, 5.41) is 21.0. The molecule has 1 heterocycles. The zero-order valence-corrected chi connectivity index (χ0v) is 18.9. The van der Waals surface area contributed by atoms with E-state index in [1.165, 1.54) is 6.08 Å². The molecule has 0 fully saturated rings. The lowest BCUT2D eigenvalue weighted by Gasteiger charge is -2.11. The highest BCUT2D eigenvalue weighted by atomic mass is 79.9. The topological polar surface area (TPSA) is 118 Å². The number of hydrogen-bond donors (Lipinski definition) is 2.